The van der Waals surface area contributed by atoms with E-state index in [-0.39, 0.29) is 11.8 Å². The van der Waals surface area contributed by atoms with Gasteiger partial charge in [-0.05, 0) is 56.2 Å². The number of benzene rings is 2. The average molecular weight is 353 g/mol. The molecule has 26 heavy (non-hydrogen) atoms. The number of anilines is 2. The first-order chi connectivity index (χ1) is 12.3. The molecular formula is C20H23N3O3. The maximum atomic E-state index is 12.2. The first kappa shape index (κ1) is 19.2. The van der Waals surface area contributed by atoms with Crippen molar-refractivity contribution in [2.45, 2.75) is 33.8 Å². The van der Waals surface area contributed by atoms with Crippen molar-refractivity contribution in [3.63, 3.8) is 0 Å². The predicted octanol–water partition coefficient (Wildman–Crippen LogP) is 3.72. The Morgan fingerprint density at radius 2 is 1.69 bits per heavy atom. The summed E-state index contributed by atoms with van der Waals surface area (Å²) in [6.07, 6.45) is -0.732. The van der Waals surface area contributed by atoms with E-state index < -0.39 is 6.10 Å². The smallest absolute Gasteiger partial charge is 0.267 e. The van der Waals surface area contributed by atoms with Crippen LogP contribution < -0.4 is 10.6 Å². The molecule has 0 aromatic heterocycles. The number of oxime groups is 1. The second kappa shape index (κ2) is 8.80. The second-order valence-corrected chi connectivity index (χ2v) is 6.04. The summed E-state index contributed by atoms with van der Waals surface area (Å²) in [5, 5.41) is 9.53. The van der Waals surface area contributed by atoms with Crippen LogP contribution in [0.3, 0.4) is 0 Å². The molecule has 0 aliphatic carbocycles. The van der Waals surface area contributed by atoms with E-state index in [1.165, 1.54) is 6.92 Å². The van der Waals surface area contributed by atoms with Crippen molar-refractivity contribution < 1.29 is 14.4 Å². The molecule has 0 saturated carbocycles. The Morgan fingerprint density at radius 1 is 1.00 bits per heavy atom. The van der Waals surface area contributed by atoms with E-state index in [2.05, 4.69) is 15.8 Å². The number of hydrogen-bond donors (Lipinski definition) is 2. The van der Waals surface area contributed by atoms with Gasteiger partial charge in [0.15, 0.2) is 0 Å². The summed E-state index contributed by atoms with van der Waals surface area (Å²) in [6.45, 7) is 6.85. The SMILES string of the molecule is CC(=O)Nc1ccc(/C(C)=N\O[C@H](C)C(=O)Nc2cccc(C)c2)cc1. The molecule has 6 heteroatoms. The number of rotatable bonds is 6. The predicted molar refractivity (Wildman–Crippen MR) is 103 cm³/mol. The van der Waals surface area contributed by atoms with Gasteiger partial charge in [-0.1, -0.05) is 29.4 Å². The highest BCUT2D eigenvalue weighted by Crippen LogP contribution is 2.12. The number of aryl methyl sites for hydroxylation is 1. The highest BCUT2D eigenvalue weighted by Gasteiger charge is 2.14. The number of nitrogens with one attached hydrogen (secondary N) is 2. The molecule has 2 rings (SSSR count). The fourth-order valence-corrected chi connectivity index (χ4v) is 2.22. The third kappa shape index (κ3) is 5.73. The quantitative estimate of drug-likeness (QED) is 0.613. The fourth-order valence-electron chi connectivity index (χ4n) is 2.22. The Balaban J connectivity index is 1.94. The number of amides is 2. The van der Waals surface area contributed by atoms with E-state index in [0.717, 1.165) is 16.8 Å². The molecule has 2 N–H and O–H groups in total. The van der Waals surface area contributed by atoms with E-state index in [1.807, 2.05) is 43.3 Å². The van der Waals surface area contributed by atoms with Gasteiger partial charge in [0, 0.05) is 18.3 Å². The van der Waals surface area contributed by atoms with Gasteiger partial charge in [0.25, 0.3) is 5.91 Å². The van der Waals surface area contributed by atoms with Crippen LogP contribution in [0.4, 0.5) is 11.4 Å². The van der Waals surface area contributed by atoms with Gasteiger partial charge in [-0.2, -0.15) is 0 Å². The van der Waals surface area contributed by atoms with Crippen molar-refractivity contribution in [3.8, 4) is 0 Å². The maximum absolute atomic E-state index is 12.2. The van der Waals surface area contributed by atoms with Crippen LogP contribution in [-0.2, 0) is 14.4 Å². The molecule has 1 atom stereocenters. The topological polar surface area (TPSA) is 79.8 Å². The van der Waals surface area contributed by atoms with Crippen LogP contribution in [0.2, 0.25) is 0 Å². The molecule has 0 aliphatic heterocycles. The van der Waals surface area contributed by atoms with E-state index in [9.17, 15) is 9.59 Å². The largest absolute Gasteiger partial charge is 0.382 e. The van der Waals surface area contributed by atoms with Crippen LogP contribution in [0.25, 0.3) is 0 Å². The van der Waals surface area contributed by atoms with Crippen molar-refractivity contribution in [1.82, 2.24) is 0 Å². The van der Waals surface area contributed by atoms with E-state index in [4.69, 9.17) is 4.84 Å². The molecule has 2 aromatic carbocycles. The minimum atomic E-state index is -0.732. The van der Waals surface area contributed by atoms with Gasteiger partial charge >= 0.3 is 0 Å². The van der Waals surface area contributed by atoms with Crippen LogP contribution in [0, 0.1) is 6.92 Å². The second-order valence-electron chi connectivity index (χ2n) is 6.04. The van der Waals surface area contributed by atoms with Gasteiger partial charge in [0.05, 0.1) is 5.71 Å². The highest BCUT2D eigenvalue weighted by molar-refractivity contribution is 5.99. The van der Waals surface area contributed by atoms with Crippen LogP contribution in [0.5, 0.6) is 0 Å². The summed E-state index contributed by atoms with van der Waals surface area (Å²) in [4.78, 5) is 28.5. The van der Waals surface area contributed by atoms with Gasteiger partial charge in [-0.25, -0.2) is 0 Å². The van der Waals surface area contributed by atoms with Gasteiger partial charge in [0.1, 0.15) is 0 Å². The normalized spacial score (nSPS) is 12.2. The lowest BCUT2D eigenvalue weighted by molar-refractivity contribution is -0.126. The fraction of sp³-hybridized carbons (Fsp3) is 0.250. The Kier molecular flexibility index (Phi) is 6.49. The summed E-state index contributed by atoms with van der Waals surface area (Å²) >= 11 is 0. The van der Waals surface area contributed by atoms with Gasteiger partial charge in [0.2, 0.25) is 12.0 Å². The summed E-state index contributed by atoms with van der Waals surface area (Å²) in [5.41, 5.74) is 3.97. The Hall–Kier alpha value is -3.15. The van der Waals surface area contributed by atoms with Gasteiger partial charge in [-0.15, -0.1) is 0 Å². The average Bonchev–Trinajstić information content (AvgIpc) is 2.59. The minimum Gasteiger partial charge on any atom is -0.382 e. The summed E-state index contributed by atoms with van der Waals surface area (Å²) in [5.74, 6) is -0.395. The molecule has 0 fully saturated rings. The Bertz CT molecular complexity index is 813. The first-order valence-electron chi connectivity index (χ1n) is 8.31. The monoisotopic (exact) mass is 353 g/mol. The zero-order chi connectivity index (χ0) is 19.1. The highest BCUT2D eigenvalue weighted by atomic mass is 16.6. The molecule has 0 unspecified atom stereocenters. The molecule has 0 spiro atoms. The van der Waals surface area contributed by atoms with Crippen LogP contribution in [-0.4, -0.2) is 23.6 Å². The first-order valence-corrected chi connectivity index (χ1v) is 8.31. The molecule has 0 heterocycles. The lowest BCUT2D eigenvalue weighted by Gasteiger charge is -2.12. The van der Waals surface area contributed by atoms with Crippen LogP contribution in [0.1, 0.15) is 31.9 Å². The van der Waals surface area contributed by atoms with Crippen molar-refractivity contribution in [3.05, 3.63) is 59.7 Å². The molecule has 0 saturated heterocycles. The third-order valence-electron chi connectivity index (χ3n) is 3.63. The number of carbonyl (C=O) groups excluding carboxylic acids is 2. The van der Waals surface area contributed by atoms with Gasteiger partial charge in [-0.3, -0.25) is 9.59 Å². The Labute approximate surface area is 153 Å². The molecule has 2 aromatic rings. The van der Waals surface area contributed by atoms with Crippen molar-refractivity contribution in [2.75, 3.05) is 10.6 Å². The molecule has 136 valence electrons. The van der Waals surface area contributed by atoms with Crippen molar-refractivity contribution in [2.24, 2.45) is 5.16 Å². The van der Waals surface area contributed by atoms with Crippen molar-refractivity contribution in [1.29, 1.82) is 0 Å². The molecule has 0 radical (unpaired) electrons. The maximum Gasteiger partial charge on any atom is 0.267 e. The lowest BCUT2D eigenvalue weighted by atomic mass is 10.1. The standard InChI is InChI=1S/C20H23N3O3/c1-13-6-5-7-19(12-13)22-20(25)15(3)26-23-14(2)17-8-10-18(11-9-17)21-16(4)24/h5-12,15H,1-4H3,(H,21,24)(H,22,25)/b23-14-/t15-/m1/s1. The molecular weight excluding hydrogens is 330 g/mol. The summed E-state index contributed by atoms with van der Waals surface area (Å²) in [6, 6.07) is 14.8. The summed E-state index contributed by atoms with van der Waals surface area (Å²) in [7, 11) is 0. The van der Waals surface area contributed by atoms with E-state index >= 15 is 0 Å². The summed E-state index contributed by atoms with van der Waals surface area (Å²) < 4.78 is 0. The lowest BCUT2D eigenvalue weighted by Crippen LogP contribution is -2.26. The van der Waals surface area contributed by atoms with Crippen LogP contribution >= 0.6 is 0 Å². The molecule has 6 nitrogen and oxygen atoms in total. The number of nitrogens with zero attached hydrogens (tertiary/aromatic N) is 1. The van der Waals surface area contributed by atoms with E-state index in [1.54, 1.807) is 26.0 Å². The number of carbonyl (C=O) groups is 2. The van der Waals surface area contributed by atoms with Crippen molar-refractivity contribution >= 4 is 28.9 Å². The van der Waals surface area contributed by atoms with E-state index in [0.29, 0.717) is 11.4 Å². The zero-order valence-corrected chi connectivity index (χ0v) is 15.4. The van der Waals surface area contributed by atoms with Crippen LogP contribution in [0.15, 0.2) is 53.7 Å². The van der Waals surface area contributed by atoms with Gasteiger partial charge < -0.3 is 15.5 Å². The third-order valence-corrected chi connectivity index (χ3v) is 3.63. The number of hydrogen-bond acceptors (Lipinski definition) is 4. The molecule has 2 amide bonds. The molecule has 0 bridgehead atoms. The zero-order valence-electron chi connectivity index (χ0n) is 15.4. The minimum absolute atomic E-state index is 0.125. The molecule has 0 aliphatic rings. The Morgan fingerprint density at radius 3 is 2.31 bits per heavy atom.